The number of sulfonamides is 1. The first-order valence-electron chi connectivity index (χ1n) is 9.91. The summed E-state index contributed by atoms with van der Waals surface area (Å²) in [7, 11) is -3.54. The third-order valence-corrected chi connectivity index (χ3v) is 8.45. The van der Waals surface area contributed by atoms with Crippen LogP contribution < -0.4 is 10.1 Å². The number of aryl methyl sites for hydroxylation is 1. The van der Waals surface area contributed by atoms with Crippen LogP contribution in [-0.2, 0) is 14.8 Å². The van der Waals surface area contributed by atoms with Crippen LogP contribution in [0.5, 0.6) is 5.75 Å². The summed E-state index contributed by atoms with van der Waals surface area (Å²) in [5, 5.41) is 3.03. The van der Waals surface area contributed by atoms with Gasteiger partial charge in [0.05, 0.1) is 18.6 Å². The summed E-state index contributed by atoms with van der Waals surface area (Å²) in [6.45, 7) is 7.04. The zero-order chi connectivity index (χ0) is 21.0. The van der Waals surface area contributed by atoms with Crippen molar-refractivity contribution in [2.24, 2.45) is 5.92 Å². The second-order valence-corrected chi connectivity index (χ2v) is 10.8. The normalized spacial score (nSPS) is 18.9. The third-order valence-electron chi connectivity index (χ3n) is 5.11. The summed E-state index contributed by atoms with van der Waals surface area (Å²) in [6, 6.07) is 10.9. The van der Waals surface area contributed by atoms with Gasteiger partial charge >= 0.3 is 0 Å². The van der Waals surface area contributed by atoms with Crippen LogP contribution in [0.1, 0.15) is 43.2 Å². The zero-order valence-corrected chi connectivity index (χ0v) is 18.7. The van der Waals surface area contributed by atoms with Gasteiger partial charge in [-0.05, 0) is 63.4 Å². The summed E-state index contributed by atoms with van der Waals surface area (Å²) in [5.41, 5.74) is 0.983. The largest absolute Gasteiger partial charge is 0.494 e. The summed E-state index contributed by atoms with van der Waals surface area (Å²) in [6.07, 6.45) is 1.37. The molecular formula is C21H28N2O4S2. The topological polar surface area (TPSA) is 75.7 Å². The number of piperidine rings is 1. The molecule has 0 unspecified atom stereocenters. The molecule has 8 heteroatoms. The minimum absolute atomic E-state index is 0.103. The van der Waals surface area contributed by atoms with E-state index >= 15 is 0 Å². The van der Waals surface area contributed by atoms with Crippen molar-refractivity contribution < 1.29 is 17.9 Å². The van der Waals surface area contributed by atoms with Gasteiger partial charge in [-0.3, -0.25) is 4.79 Å². The van der Waals surface area contributed by atoms with Gasteiger partial charge in [0, 0.05) is 18.0 Å². The average Bonchev–Trinajstić information content (AvgIpc) is 3.16. The molecule has 2 atom stereocenters. The Morgan fingerprint density at radius 2 is 2.00 bits per heavy atom. The molecular weight excluding hydrogens is 408 g/mol. The Kier molecular flexibility index (Phi) is 6.97. The SMILES string of the molecule is CCOc1ccc([C@@H](C)NC(=O)[C@H]2CCCN(S(=O)(=O)c3ccc(C)s3)C2)cc1. The van der Waals surface area contributed by atoms with Crippen molar-refractivity contribution in [2.75, 3.05) is 19.7 Å². The zero-order valence-electron chi connectivity index (χ0n) is 17.1. The number of amides is 1. The van der Waals surface area contributed by atoms with Gasteiger partial charge in [0.15, 0.2) is 0 Å². The van der Waals surface area contributed by atoms with E-state index in [2.05, 4.69) is 5.32 Å². The quantitative estimate of drug-likeness (QED) is 0.718. The van der Waals surface area contributed by atoms with Gasteiger partial charge in [0.2, 0.25) is 5.91 Å². The van der Waals surface area contributed by atoms with Crippen LogP contribution in [0.2, 0.25) is 0 Å². The molecule has 0 radical (unpaired) electrons. The first kappa shape index (κ1) is 21.8. The van der Waals surface area contributed by atoms with Gasteiger partial charge in [0.1, 0.15) is 9.96 Å². The molecule has 0 spiro atoms. The minimum Gasteiger partial charge on any atom is -0.494 e. The van der Waals surface area contributed by atoms with Crippen LogP contribution in [0, 0.1) is 12.8 Å². The van der Waals surface area contributed by atoms with Crippen LogP contribution in [0.25, 0.3) is 0 Å². The van der Waals surface area contributed by atoms with E-state index in [9.17, 15) is 13.2 Å². The van der Waals surface area contributed by atoms with Crippen molar-refractivity contribution in [3.63, 3.8) is 0 Å². The number of rotatable bonds is 7. The molecule has 0 aliphatic carbocycles. The monoisotopic (exact) mass is 436 g/mol. The van der Waals surface area contributed by atoms with Crippen molar-refractivity contribution in [1.29, 1.82) is 0 Å². The minimum atomic E-state index is -3.54. The van der Waals surface area contributed by atoms with E-state index in [4.69, 9.17) is 4.74 Å². The van der Waals surface area contributed by atoms with Gasteiger partial charge in [-0.25, -0.2) is 8.42 Å². The first-order chi connectivity index (χ1) is 13.8. The lowest BCUT2D eigenvalue weighted by atomic mass is 9.98. The number of hydrogen-bond donors (Lipinski definition) is 1. The molecule has 1 saturated heterocycles. The Morgan fingerprint density at radius 3 is 2.62 bits per heavy atom. The highest BCUT2D eigenvalue weighted by Crippen LogP contribution is 2.28. The van der Waals surface area contributed by atoms with Crippen molar-refractivity contribution in [2.45, 2.75) is 43.9 Å². The Hall–Kier alpha value is -1.90. The standard InChI is InChI=1S/C21H28N2O4S2/c1-4-27-19-10-8-17(9-11-19)16(3)22-21(24)18-6-5-13-23(14-18)29(25,26)20-12-7-15(2)28-20/h7-12,16,18H,4-6,13-14H2,1-3H3,(H,22,24)/t16-,18+/m1/s1. The van der Waals surface area contributed by atoms with E-state index in [0.29, 0.717) is 30.2 Å². The molecule has 1 aromatic carbocycles. The number of ether oxygens (including phenoxy) is 1. The molecule has 1 amide bonds. The van der Waals surface area contributed by atoms with Crippen molar-refractivity contribution >= 4 is 27.3 Å². The molecule has 158 valence electrons. The number of nitrogens with one attached hydrogen (secondary N) is 1. The molecule has 3 rings (SSSR count). The van der Waals surface area contributed by atoms with Crippen molar-refractivity contribution in [3.8, 4) is 5.75 Å². The summed E-state index contributed by atoms with van der Waals surface area (Å²) in [5.74, 6) is 0.352. The molecule has 1 N–H and O–H groups in total. The van der Waals surface area contributed by atoms with E-state index in [0.717, 1.165) is 16.2 Å². The van der Waals surface area contributed by atoms with Crippen LogP contribution in [0.4, 0.5) is 0 Å². The van der Waals surface area contributed by atoms with Crippen LogP contribution in [-0.4, -0.2) is 38.3 Å². The predicted octanol–water partition coefficient (Wildman–Crippen LogP) is 3.73. The molecule has 6 nitrogen and oxygen atoms in total. The Bertz CT molecular complexity index is 938. The fourth-order valence-electron chi connectivity index (χ4n) is 3.49. The number of hydrogen-bond acceptors (Lipinski definition) is 5. The number of carbonyl (C=O) groups excluding carboxylic acids is 1. The highest BCUT2D eigenvalue weighted by Gasteiger charge is 2.34. The maximum atomic E-state index is 12.9. The van der Waals surface area contributed by atoms with Gasteiger partial charge in [-0.1, -0.05) is 12.1 Å². The van der Waals surface area contributed by atoms with E-state index < -0.39 is 10.0 Å². The van der Waals surface area contributed by atoms with Crippen LogP contribution >= 0.6 is 11.3 Å². The molecule has 0 bridgehead atoms. The average molecular weight is 437 g/mol. The maximum Gasteiger partial charge on any atom is 0.252 e. The highest BCUT2D eigenvalue weighted by atomic mass is 32.2. The van der Waals surface area contributed by atoms with Gasteiger partial charge < -0.3 is 10.1 Å². The lowest BCUT2D eigenvalue weighted by molar-refractivity contribution is -0.126. The lowest BCUT2D eigenvalue weighted by Gasteiger charge is -2.31. The molecule has 1 aliphatic rings. The lowest BCUT2D eigenvalue weighted by Crippen LogP contribution is -2.45. The first-order valence-corrected chi connectivity index (χ1v) is 12.2. The second-order valence-electron chi connectivity index (χ2n) is 7.30. The fourth-order valence-corrected chi connectivity index (χ4v) is 6.45. The summed E-state index contributed by atoms with van der Waals surface area (Å²) >= 11 is 1.27. The molecule has 1 fully saturated rings. The fraction of sp³-hybridized carbons (Fsp3) is 0.476. The van der Waals surface area contributed by atoms with Gasteiger partial charge in [-0.15, -0.1) is 11.3 Å². The number of carbonyl (C=O) groups is 1. The number of nitrogens with zero attached hydrogens (tertiary/aromatic N) is 1. The van der Waals surface area contributed by atoms with Gasteiger partial charge in [0.25, 0.3) is 10.0 Å². The Labute approximate surface area is 176 Å². The molecule has 2 heterocycles. The second kappa shape index (κ2) is 9.28. The number of benzene rings is 1. The maximum absolute atomic E-state index is 12.9. The summed E-state index contributed by atoms with van der Waals surface area (Å²) < 4.78 is 33.0. The van der Waals surface area contributed by atoms with Crippen molar-refractivity contribution in [1.82, 2.24) is 9.62 Å². The van der Waals surface area contributed by atoms with E-state index in [1.165, 1.54) is 15.6 Å². The van der Waals surface area contributed by atoms with E-state index in [1.54, 1.807) is 6.07 Å². The molecule has 2 aromatic rings. The Balaban J connectivity index is 1.63. The highest BCUT2D eigenvalue weighted by molar-refractivity contribution is 7.91. The Morgan fingerprint density at radius 1 is 1.28 bits per heavy atom. The molecule has 1 aromatic heterocycles. The summed E-state index contributed by atoms with van der Waals surface area (Å²) in [4.78, 5) is 13.8. The third kappa shape index (κ3) is 5.18. The van der Waals surface area contributed by atoms with E-state index in [-0.39, 0.29) is 24.4 Å². The van der Waals surface area contributed by atoms with E-state index in [1.807, 2.05) is 51.1 Å². The molecule has 0 saturated carbocycles. The van der Waals surface area contributed by atoms with Crippen LogP contribution in [0.15, 0.2) is 40.6 Å². The smallest absolute Gasteiger partial charge is 0.252 e. The van der Waals surface area contributed by atoms with Crippen LogP contribution in [0.3, 0.4) is 0 Å². The van der Waals surface area contributed by atoms with Crippen molar-refractivity contribution in [3.05, 3.63) is 46.8 Å². The predicted molar refractivity (Wildman–Crippen MR) is 115 cm³/mol. The van der Waals surface area contributed by atoms with Gasteiger partial charge in [-0.2, -0.15) is 4.31 Å². The number of thiophene rings is 1. The molecule has 1 aliphatic heterocycles. The molecule has 29 heavy (non-hydrogen) atoms.